The van der Waals surface area contributed by atoms with E-state index >= 15 is 0 Å². The summed E-state index contributed by atoms with van der Waals surface area (Å²) in [6.45, 7) is 12.3. The predicted molar refractivity (Wildman–Crippen MR) is 106 cm³/mol. The van der Waals surface area contributed by atoms with Crippen molar-refractivity contribution < 1.29 is 24.5 Å². The lowest BCUT2D eigenvalue weighted by Gasteiger charge is -2.43. The van der Waals surface area contributed by atoms with Crippen molar-refractivity contribution in [3.05, 3.63) is 35.4 Å². The zero-order valence-electron chi connectivity index (χ0n) is 17.0. The third kappa shape index (κ3) is 7.22. The van der Waals surface area contributed by atoms with Crippen LogP contribution in [-0.4, -0.2) is 76.4 Å². The number of hydrogen-bond donors (Lipinski definition) is 2. The molecular formula is C21H32N2O5. The molecule has 2 atom stereocenters. The molecule has 7 heteroatoms. The van der Waals surface area contributed by atoms with Gasteiger partial charge in [-0.1, -0.05) is 29.8 Å². The van der Waals surface area contributed by atoms with Crippen molar-refractivity contribution in [3.8, 4) is 0 Å². The molecule has 7 nitrogen and oxygen atoms in total. The van der Waals surface area contributed by atoms with Crippen LogP contribution >= 0.6 is 0 Å². The minimum absolute atomic E-state index is 0.383. The maximum absolute atomic E-state index is 9.10. The molecule has 3 rings (SSSR count). The summed E-state index contributed by atoms with van der Waals surface area (Å²) in [5.41, 5.74) is 2.82. The molecule has 2 N–H and O–H groups in total. The van der Waals surface area contributed by atoms with Crippen molar-refractivity contribution in [2.75, 3.05) is 26.2 Å². The molecule has 2 heterocycles. The molecule has 2 aliphatic rings. The highest BCUT2D eigenvalue weighted by atomic mass is 16.5. The number of aliphatic carboxylic acids is 2. The van der Waals surface area contributed by atoms with Gasteiger partial charge >= 0.3 is 11.9 Å². The fraction of sp³-hybridized carbons (Fsp3) is 0.619. The molecule has 2 saturated heterocycles. The quantitative estimate of drug-likeness (QED) is 0.762. The first-order chi connectivity index (χ1) is 13.2. The summed E-state index contributed by atoms with van der Waals surface area (Å²) in [7, 11) is 0. The normalized spacial score (nSPS) is 24.2. The van der Waals surface area contributed by atoms with Crippen LogP contribution in [0.5, 0.6) is 0 Å². The number of carbonyl (C=O) groups is 2. The van der Waals surface area contributed by atoms with E-state index in [0.29, 0.717) is 12.2 Å². The number of morpholine rings is 1. The van der Waals surface area contributed by atoms with Gasteiger partial charge in [0, 0.05) is 25.7 Å². The number of ether oxygens (including phenoxy) is 1. The first kappa shape index (κ1) is 22.3. The van der Waals surface area contributed by atoms with Crippen molar-refractivity contribution in [3.63, 3.8) is 0 Å². The molecule has 0 amide bonds. The molecule has 0 radical (unpaired) electrons. The number of likely N-dealkylation sites (tertiary alicyclic amines) is 1. The van der Waals surface area contributed by atoms with Crippen LogP contribution in [0.1, 0.15) is 37.8 Å². The number of benzene rings is 1. The molecule has 2 aliphatic heterocycles. The van der Waals surface area contributed by atoms with Crippen LogP contribution in [0.15, 0.2) is 24.3 Å². The monoisotopic (exact) mass is 392 g/mol. The smallest absolute Gasteiger partial charge is 0.414 e. The third-order valence-corrected chi connectivity index (χ3v) is 5.19. The van der Waals surface area contributed by atoms with Gasteiger partial charge in [-0.25, -0.2) is 9.59 Å². The average Bonchev–Trinajstić information content (AvgIpc) is 2.62. The lowest BCUT2D eigenvalue weighted by atomic mass is 10.0. The molecule has 0 aromatic heterocycles. The third-order valence-electron chi connectivity index (χ3n) is 5.19. The molecule has 0 aliphatic carbocycles. The molecule has 1 aromatic rings. The maximum Gasteiger partial charge on any atom is 0.414 e. The van der Waals surface area contributed by atoms with Crippen LogP contribution < -0.4 is 0 Å². The van der Waals surface area contributed by atoms with Crippen LogP contribution in [-0.2, 0) is 20.9 Å². The standard InChI is InChI=1S/C19H30N2O.C2H2O4/c1-15-5-4-6-18(11-15)14-20-9-7-19(8-10-20)21-12-16(2)22-17(3)13-21;3-1(4)2(5)6/h4-6,11,16-17,19H,7-10,12-14H2,1-3H3;(H,3,4)(H,5,6). The first-order valence-electron chi connectivity index (χ1n) is 9.88. The molecule has 2 fully saturated rings. The van der Waals surface area contributed by atoms with Crippen LogP contribution in [0.25, 0.3) is 0 Å². The van der Waals surface area contributed by atoms with Gasteiger partial charge < -0.3 is 14.9 Å². The summed E-state index contributed by atoms with van der Waals surface area (Å²) in [4.78, 5) is 23.5. The van der Waals surface area contributed by atoms with Crippen molar-refractivity contribution >= 4 is 11.9 Å². The number of carboxylic acids is 2. The van der Waals surface area contributed by atoms with E-state index in [9.17, 15) is 0 Å². The molecule has 0 spiro atoms. The Morgan fingerprint density at radius 3 is 2.14 bits per heavy atom. The molecule has 2 unspecified atom stereocenters. The largest absolute Gasteiger partial charge is 0.473 e. The fourth-order valence-electron chi connectivity index (χ4n) is 4.03. The van der Waals surface area contributed by atoms with Crippen molar-refractivity contribution in [1.82, 2.24) is 9.80 Å². The van der Waals surface area contributed by atoms with E-state index < -0.39 is 11.9 Å². The van der Waals surface area contributed by atoms with Gasteiger partial charge in [-0.3, -0.25) is 9.80 Å². The van der Waals surface area contributed by atoms with Gasteiger partial charge in [0.1, 0.15) is 0 Å². The second-order valence-corrected chi connectivity index (χ2v) is 7.82. The van der Waals surface area contributed by atoms with E-state index in [1.54, 1.807) is 0 Å². The van der Waals surface area contributed by atoms with Gasteiger partial charge in [0.05, 0.1) is 12.2 Å². The molecular weight excluding hydrogens is 360 g/mol. The molecule has 28 heavy (non-hydrogen) atoms. The summed E-state index contributed by atoms with van der Waals surface area (Å²) in [5, 5.41) is 14.8. The number of hydrogen-bond acceptors (Lipinski definition) is 5. The molecule has 0 saturated carbocycles. The minimum atomic E-state index is -1.82. The zero-order valence-corrected chi connectivity index (χ0v) is 17.0. The highest BCUT2D eigenvalue weighted by molar-refractivity contribution is 6.27. The Hall–Kier alpha value is -1.96. The van der Waals surface area contributed by atoms with Gasteiger partial charge in [-0.2, -0.15) is 0 Å². The maximum atomic E-state index is 9.10. The Labute approximate surface area is 166 Å². The lowest BCUT2D eigenvalue weighted by Crippen LogP contribution is -2.53. The topological polar surface area (TPSA) is 90.3 Å². The van der Waals surface area contributed by atoms with E-state index in [1.165, 1.54) is 37.1 Å². The number of carboxylic acid groups (broad SMARTS) is 2. The number of aryl methyl sites for hydroxylation is 1. The summed E-state index contributed by atoms with van der Waals surface area (Å²) in [5.74, 6) is -3.65. The Morgan fingerprint density at radius 1 is 1.07 bits per heavy atom. The van der Waals surface area contributed by atoms with Crippen LogP contribution in [0.3, 0.4) is 0 Å². The second-order valence-electron chi connectivity index (χ2n) is 7.82. The van der Waals surface area contributed by atoms with Crippen LogP contribution in [0.2, 0.25) is 0 Å². The Bertz CT molecular complexity index is 636. The first-order valence-corrected chi connectivity index (χ1v) is 9.88. The summed E-state index contributed by atoms with van der Waals surface area (Å²) >= 11 is 0. The number of rotatable bonds is 3. The Balaban J connectivity index is 0.000000409. The summed E-state index contributed by atoms with van der Waals surface area (Å²) in [6.07, 6.45) is 3.36. The average molecular weight is 392 g/mol. The highest BCUT2D eigenvalue weighted by Gasteiger charge is 2.30. The number of piperidine rings is 1. The molecule has 1 aromatic carbocycles. The van der Waals surface area contributed by atoms with E-state index in [-0.39, 0.29) is 0 Å². The summed E-state index contributed by atoms with van der Waals surface area (Å²) in [6, 6.07) is 9.68. The van der Waals surface area contributed by atoms with Gasteiger partial charge in [-0.15, -0.1) is 0 Å². The van der Waals surface area contributed by atoms with E-state index in [2.05, 4.69) is 54.8 Å². The van der Waals surface area contributed by atoms with E-state index in [0.717, 1.165) is 25.7 Å². The predicted octanol–water partition coefficient (Wildman–Crippen LogP) is 2.22. The number of nitrogens with zero attached hydrogens (tertiary/aromatic N) is 2. The van der Waals surface area contributed by atoms with E-state index in [4.69, 9.17) is 24.5 Å². The van der Waals surface area contributed by atoms with Gasteiger partial charge in [-0.05, 0) is 52.3 Å². The molecule has 156 valence electrons. The van der Waals surface area contributed by atoms with Crippen molar-refractivity contribution in [2.45, 2.75) is 58.4 Å². The zero-order chi connectivity index (χ0) is 20.7. The van der Waals surface area contributed by atoms with Gasteiger partial charge in [0.25, 0.3) is 0 Å². The van der Waals surface area contributed by atoms with E-state index in [1.807, 2.05) is 0 Å². The van der Waals surface area contributed by atoms with Crippen molar-refractivity contribution in [2.24, 2.45) is 0 Å². The second kappa shape index (κ2) is 10.5. The Morgan fingerprint density at radius 2 is 1.64 bits per heavy atom. The fourth-order valence-corrected chi connectivity index (χ4v) is 4.03. The highest BCUT2D eigenvalue weighted by Crippen LogP contribution is 2.22. The summed E-state index contributed by atoms with van der Waals surface area (Å²) < 4.78 is 5.87. The molecule has 0 bridgehead atoms. The minimum Gasteiger partial charge on any atom is -0.473 e. The van der Waals surface area contributed by atoms with Crippen LogP contribution in [0.4, 0.5) is 0 Å². The Kier molecular flexibility index (Phi) is 8.41. The van der Waals surface area contributed by atoms with Gasteiger partial charge in [0.15, 0.2) is 0 Å². The van der Waals surface area contributed by atoms with Crippen molar-refractivity contribution in [1.29, 1.82) is 0 Å². The van der Waals surface area contributed by atoms with Gasteiger partial charge in [0.2, 0.25) is 0 Å². The SMILES string of the molecule is Cc1cccc(CN2CCC(N3CC(C)OC(C)C3)CC2)c1.O=C(O)C(=O)O. The lowest BCUT2D eigenvalue weighted by molar-refractivity contribution is -0.159. The van der Waals surface area contributed by atoms with Crippen LogP contribution in [0, 0.1) is 6.92 Å².